The zero-order chi connectivity index (χ0) is 17.6. The summed E-state index contributed by atoms with van der Waals surface area (Å²) < 4.78 is 6.81. The molecule has 8 nitrogen and oxygen atoms in total. The van der Waals surface area contributed by atoms with E-state index in [4.69, 9.17) is 4.74 Å². The van der Waals surface area contributed by atoms with Crippen molar-refractivity contribution in [1.29, 1.82) is 0 Å². The first-order chi connectivity index (χ1) is 12.2. The van der Waals surface area contributed by atoms with Gasteiger partial charge in [0.2, 0.25) is 0 Å². The number of carbonyl (C=O) groups excluding carboxylic acids is 1. The van der Waals surface area contributed by atoms with E-state index in [9.17, 15) is 4.79 Å². The highest BCUT2D eigenvalue weighted by Gasteiger charge is 2.17. The van der Waals surface area contributed by atoms with E-state index in [0.29, 0.717) is 17.9 Å². The van der Waals surface area contributed by atoms with Gasteiger partial charge in [-0.05, 0) is 31.2 Å². The molecule has 1 amide bonds. The Balaban J connectivity index is 0.00000243. The van der Waals surface area contributed by atoms with E-state index in [1.807, 2.05) is 31.2 Å². The van der Waals surface area contributed by atoms with Gasteiger partial charge in [-0.3, -0.25) is 9.69 Å². The lowest BCUT2D eigenvalue weighted by Crippen LogP contribution is -2.46. The van der Waals surface area contributed by atoms with Gasteiger partial charge in [0.25, 0.3) is 5.91 Å². The summed E-state index contributed by atoms with van der Waals surface area (Å²) in [5.41, 5.74) is 1.91. The third kappa shape index (κ3) is 4.72. The third-order valence-corrected chi connectivity index (χ3v) is 4.35. The van der Waals surface area contributed by atoms with E-state index < -0.39 is 0 Å². The van der Waals surface area contributed by atoms with Crippen LogP contribution in [0.3, 0.4) is 0 Å². The largest absolute Gasteiger partial charge is 0.497 e. The first-order valence-electron chi connectivity index (χ1n) is 8.47. The standard InChI is InChI=1S/C17H24N6O2.ClH/c1-13-16(17(24)19-9-12-22-10-7-18-8-11-22)20-21-23(13)14-3-5-15(25-2)6-4-14;/h3-6,18H,7-12H2,1-2H3,(H,19,24);1H. The van der Waals surface area contributed by atoms with E-state index in [2.05, 4.69) is 25.8 Å². The lowest BCUT2D eigenvalue weighted by molar-refractivity contribution is 0.0941. The highest BCUT2D eigenvalue weighted by molar-refractivity contribution is 5.93. The first-order valence-corrected chi connectivity index (χ1v) is 8.47. The Bertz CT molecular complexity index is 713. The summed E-state index contributed by atoms with van der Waals surface area (Å²) in [6, 6.07) is 7.46. The molecule has 0 radical (unpaired) electrons. The molecule has 1 aromatic heterocycles. The summed E-state index contributed by atoms with van der Waals surface area (Å²) in [6.45, 7) is 7.33. The van der Waals surface area contributed by atoms with Gasteiger partial charge in [-0.2, -0.15) is 0 Å². The molecule has 1 saturated heterocycles. The molecule has 0 unspecified atom stereocenters. The van der Waals surface area contributed by atoms with Crippen LogP contribution in [0.15, 0.2) is 24.3 Å². The van der Waals surface area contributed by atoms with Crippen LogP contribution in [0.2, 0.25) is 0 Å². The smallest absolute Gasteiger partial charge is 0.273 e. The third-order valence-electron chi connectivity index (χ3n) is 4.35. The van der Waals surface area contributed by atoms with Crippen LogP contribution in [-0.2, 0) is 0 Å². The second-order valence-corrected chi connectivity index (χ2v) is 5.98. The Hall–Kier alpha value is -2.16. The van der Waals surface area contributed by atoms with Gasteiger partial charge < -0.3 is 15.4 Å². The van der Waals surface area contributed by atoms with Crippen molar-refractivity contribution >= 4 is 18.3 Å². The van der Waals surface area contributed by atoms with Crippen LogP contribution in [0.1, 0.15) is 16.2 Å². The second kappa shape index (κ2) is 9.51. The first kappa shape index (κ1) is 20.2. The van der Waals surface area contributed by atoms with Crippen LogP contribution in [0.5, 0.6) is 5.75 Å². The molecule has 2 N–H and O–H groups in total. The molecule has 3 rings (SSSR count). The predicted octanol–water partition coefficient (Wildman–Crippen LogP) is 0.641. The van der Waals surface area contributed by atoms with Gasteiger partial charge in [0, 0.05) is 39.3 Å². The Morgan fingerprint density at radius 1 is 1.27 bits per heavy atom. The van der Waals surface area contributed by atoms with Crippen molar-refractivity contribution in [3.05, 3.63) is 35.7 Å². The van der Waals surface area contributed by atoms with Crippen molar-refractivity contribution < 1.29 is 9.53 Å². The molecule has 2 aromatic rings. The molecule has 1 aliphatic rings. The van der Waals surface area contributed by atoms with Crippen LogP contribution in [0.4, 0.5) is 0 Å². The number of carbonyl (C=O) groups is 1. The Kier molecular flexibility index (Phi) is 7.38. The fourth-order valence-corrected chi connectivity index (χ4v) is 2.85. The lowest BCUT2D eigenvalue weighted by Gasteiger charge is -2.26. The number of rotatable bonds is 6. The molecule has 9 heteroatoms. The van der Waals surface area contributed by atoms with Crippen LogP contribution in [-0.4, -0.2) is 72.2 Å². The van der Waals surface area contributed by atoms with Crippen molar-refractivity contribution in [2.75, 3.05) is 46.4 Å². The molecule has 0 bridgehead atoms. The van der Waals surface area contributed by atoms with Gasteiger partial charge in [0.05, 0.1) is 18.5 Å². The molecule has 0 atom stereocenters. The van der Waals surface area contributed by atoms with Gasteiger partial charge in [0.15, 0.2) is 5.69 Å². The van der Waals surface area contributed by atoms with Crippen LogP contribution in [0, 0.1) is 6.92 Å². The number of ether oxygens (including phenoxy) is 1. The maximum absolute atomic E-state index is 12.4. The molecule has 0 aliphatic carbocycles. The number of piperazine rings is 1. The SMILES string of the molecule is COc1ccc(-n2nnc(C(=O)NCCN3CCNCC3)c2C)cc1.Cl. The molecule has 2 heterocycles. The summed E-state index contributed by atoms with van der Waals surface area (Å²) in [5.74, 6) is 0.583. The minimum Gasteiger partial charge on any atom is -0.497 e. The molecular weight excluding hydrogens is 356 g/mol. The van der Waals surface area contributed by atoms with Gasteiger partial charge in [0.1, 0.15) is 5.75 Å². The quantitative estimate of drug-likeness (QED) is 0.765. The summed E-state index contributed by atoms with van der Waals surface area (Å²) >= 11 is 0. The van der Waals surface area contributed by atoms with Crippen molar-refractivity contribution in [2.45, 2.75) is 6.92 Å². The van der Waals surface area contributed by atoms with E-state index in [1.165, 1.54) is 0 Å². The topological polar surface area (TPSA) is 84.3 Å². The Labute approximate surface area is 159 Å². The number of nitrogens with zero attached hydrogens (tertiary/aromatic N) is 4. The summed E-state index contributed by atoms with van der Waals surface area (Å²) in [7, 11) is 1.62. The summed E-state index contributed by atoms with van der Waals surface area (Å²) in [6.07, 6.45) is 0. The molecule has 1 aliphatic heterocycles. The van der Waals surface area contributed by atoms with Crippen LogP contribution in [0.25, 0.3) is 5.69 Å². The number of halogens is 1. The van der Waals surface area contributed by atoms with E-state index in [1.54, 1.807) is 11.8 Å². The van der Waals surface area contributed by atoms with Crippen molar-refractivity contribution in [3.63, 3.8) is 0 Å². The molecule has 1 aromatic carbocycles. The number of aromatic nitrogens is 3. The monoisotopic (exact) mass is 380 g/mol. The highest BCUT2D eigenvalue weighted by Crippen LogP contribution is 2.16. The minimum atomic E-state index is -0.188. The number of amides is 1. The molecule has 142 valence electrons. The number of nitrogens with one attached hydrogen (secondary N) is 2. The number of hydrogen-bond acceptors (Lipinski definition) is 6. The van der Waals surface area contributed by atoms with Crippen molar-refractivity contribution in [2.24, 2.45) is 0 Å². The number of methoxy groups -OCH3 is 1. The van der Waals surface area contributed by atoms with Gasteiger partial charge in [-0.25, -0.2) is 4.68 Å². The maximum atomic E-state index is 12.4. The normalized spacial score (nSPS) is 14.5. The maximum Gasteiger partial charge on any atom is 0.273 e. The fraction of sp³-hybridized carbons (Fsp3) is 0.471. The number of hydrogen-bond donors (Lipinski definition) is 2. The van der Waals surface area contributed by atoms with Crippen molar-refractivity contribution in [3.8, 4) is 11.4 Å². The molecule has 0 saturated carbocycles. The van der Waals surface area contributed by atoms with Crippen molar-refractivity contribution in [1.82, 2.24) is 30.5 Å². The molecule has 0 spiro atoms. The molecule has 1 fully saturated rings. The van der Waals surface area contributed by atoms with E-state index in [0.717, 1.165) is 44.2 Å². The second-order valence-electron chi connectivity index (χ2n) is 5.98. The van der Waals surface area contributed by atoms with Crippen LogP contribution >= 0.6 is 12.4 Å². The zero-order valence-electron chi connectivity index (χ0n) is 15.1. The highest BCUT2D eigenvalue weighted by atomic mass is 35.5. The molecular formula is C17H25ClN6O2. The average molecular weight is 381 g/mol. The lowest BCUT2D eigenvalue weighted by atomic mass is 10.2. The van der Waals surface area contributed by atoms with Gasteiger partial charge in [-0.1, -0.05) is 5.21 Å². The summed E-state index contributed by atoms with van der Waals surface area (Å²) in [4.78, 5) is 14.7. The van der Waals surface area contributed by atoms with E-state index in [-0.39, 0.29) is 18.3 Å². The van der Waals surface area contributed by atoms with Crippen LogP contribution < -0.4 is 15.4 Å². The Morgan fingerprint density at radius 3 is 2.62 bits per heavy atom. The average Bonchev–Trinajstić information content (AvgIpc) is 3.04. The predicted molar refractivity (Wildman–Crippen MR) is 102 cm³/mol. The zero-order valence-corrected chi connectivity index (χ0v) is 15.9. The van der Waals surface area contributed by atoms with Gasteiger partial charge in [-0.15, -0.1) is 17.5 Å². The summed E-state index contributed by atoms with van der Waals surface area (Å²) in [5, 5.41) is 14.4. The fourth-order valence-electron chi connectivity index (χ4n) is 2.85. The minimum absolute atomic E-state index is 0. The van der Waals surface area contributed by atoms with E-state index >= 15 is 0 Å². The molecule has 26 heavy (non-hydrogen) atoms. The van der Waals surface area contributed by atoms with Gasteiger partial charge >= 0.3 is 0 Å². The number of benzene rings is 1. The Morgan fingerprint density at radius 2 is 1.96 bits per heavy atom.